The van der Waals surface area contributed by atoms with E-state index >= 15 is 0 Å². The molecular weight excluding hydrogens is 350 g/mol. The lowest BCUT2D eigenvalue weighted by atomic mass is 10.2. The van der Waals surface area contributed by atoms with Gasteiger partial charge in [-0.1, -0.05) is 12.1 Å². The maximum atomic E-state index is 12.3. The van der Waals surface area contributed by atoms with E-state index in [9.17, 15) is 9.59 Å². The summed E-state index contributed by atoms with van der Waals surface area (Å²) in [5.74, 6) is 0.446. The monoisotopic (exact) mass is 371 g/mol. The highest BCUT2D eigenvalue weighted by atomic mass is 16.5. The van der Waals surface area contributed by atoms with E-state index in [1.165, 1.54) is 13.3 Å². The molecule has 27 heavy (non-hydrogen) atoms. The quantitative estimate of drug-likeness (QED) is 0.515. The van der Waals surface area contributed by atoms with Gasteiger partial charge in [0.05, 0.1) is 19.9 Å². The van der Waals surface area contributed by atoms with E-state index in [-0.39, 0.29) is 6.61 Å². The molecule has 0 bridgehead atoms. The summed E-state index contributed by atoms with van der Waals surface area (Å²) in [5, 5.41) is 3.93. The Balaban J connectivity index is 2.07. The Morgan fingerprint density at radius 1 is 1.11 bits per heavy atom. The maximum Gasteiger partial charge on any atom is 0.271 e. The van der Waals surface area contributed by atoms with Gasteiger partial charge in [0.1, 0.15) is 5.75 Å². The Morgan fingerprint density at radius 2 is 1.89 bits per heavy atom. The Morgan fingerprint density at radius 3 is 2.59 bits per heavy atom. The number of carbonyl (C=O) groups is 2. The van der Waals surface area contributed by atoms with Crippen molar-refractivity contribution in [3.05, 3.63) is 53.6 Å². The number of carbonyl (C=O) groups excluding carboxylic acids is 2. The Labute approximate surface area is 156 Å². The molecule has 2 aromatic rings. The summed E-state index contributed by atoms with van der Waals surface area (Å²) in [4.78, 5) is 23.1. The van der Waals surface area contributed by atoms with E-state index in [2.05, 4.69) is 10.5 Å². The van der Waals surface area contributed by atoms with Crippen molar-refractivity contribution in [2.45, 2.75) is 6.92 Å². The van der Waals surface area contributed by atoms with Crippen molar-refractivity contribution >= 4 is 18.0 Å². The number of para-hydroxylation sites is 1. The molecule has 0 fully saturated rings. The lowest BCUT2D eigenvalue weighted by Gasteiger charge is -2.10. The molecule has 0 aliphatic heterocycles. The second kappa shape index (κ2) is 9.81. The van der Waals surface area contributed by atoms with E-state index in [0.29, 0.717) is 35.0 Å². The molecule has 8 nitrogen and oxygen atoms in total. The van der Waals surface area contributed by atoms with Gasteiger partial charge in [0.25, 0.3) is 11.8 Å². The summed E-state index contributed by atoms with van der Waals surface area (Å²) in [7, 11) is 1.53. The lowest BCUT2D eigenvalue weighted by molar-refractivity contribution is -0.119. The number of methoxy groups -OCH3 is 1. The molecule has 142 valence electrons. The third kappa shape index (κ3) is 5.74. The van der Waals surface area contributed by atoms with Crippen LogP contribution in [-0.4, -0.2) is 38.4 Å². The van der Waals surface area contributed by atoms with Crippen LogP contribution in [0.5, 0.6) is 17.2 Å². The van der Waals surface area contributed by atoms with Gasteiger partial charge in [-0.05, 0) is 37.3 Å². The van der Waals surface area contributed by atoms with Crippen molar-refractivity contribution < 1.29 is 23.8 Å². The molecule has 2 amide bonds. The molecule has 0 heterocycles. The number of hydrazone groups is 1. The number of ether oxygens (including phenoxy) is 3. The predicted octanol–water partition coefficient (Wildman–Crippen LogP) is 1.72. The van der Waals surface area contributed by atoms with E-state index < -0.39 is 11.8 Å². The highest BCUT2D eigenvalue weighted by molar-refractivity contribution is 5.95. The van der Waals surface area contributed by atoms with Crippen LogP contribution in [0.4, 0.5) is 0 Å². The van der Waals surface area contributed by atoms with Crippen molar-refractivity contribution in [1.29, 1.82) is 0 Å². The van der Waals surface area contributed by atoms with Crippen LogP contribution in [0.2, 0.25) is 0 Å². The molecule has 2 rings (SSSR count). The smallest absolute Gasteiger partial charge is 0.271 e. The van der Waals surface area contributed by atoms with Gasteiger partial charge in [0, 0.05) is 11.1 Å². The van der Waals surface area contributed by atoms with Gasteiger partial charge in [0.2, 0.25) is 0 Å². The third-order valence-corrected chi connectivity index (χ3v) is 3.38. The first-order chi connectivity index (χ1) is 13.0. The molecule has 8 heteroatoms. The first-order valence-corrected chi connectivity index (χ1v) is 8.19. The number of nitrogens with one attached hydrogen (secondary N) is 1. The van der Waals surface area contributed by atoms with Gasteiger partial charge in [-0.2, -0.15) is 5.10 Å². The number of nitrogens with zero attached hydrogens (tertiary/aromatic N) is 1. The summed E-state index contributed by atoms with van der Waals surface area (Å²) < 4.78 is 15.9. The minimum Gasteiger partial charge on any atom is -0.493 e. The number of hydrogen-bond donors (Lipinski definition) is 2. The van der Waals surface area contributed by atoms with Crippen LogP contribution in [0, 0.1) is 0 Å². The molecule has 0 atom stereocenters. The summed E-state index contributed by atoms with van der Waals surface area (Å²) in [5.41, 5.74) is 8.47. The standard InChI is InChI=1S/C19H21N3O5/c1-3-26-17-10-13(8-9-16(17)25-2)19(24)22-21-11-14-6-4-5-7-15(14)27-12-18(20)23/h4-11H,3,12H2,1-2H3,(H2,20,23)(H,22,24)/b21-11+. The van der Waals surface area contributed by atoms with Crippen molar-refractivity contribution in [3.8, 4) is 17.2 Å². The molecule has 0 saturated carbocycles. The van der Waals surface area contributed by atoms with Gasteiger partial charge in [0.15, 0.2) is 18.1 Å². The van der Waals surface area contributed by atoms with Crippen molar-refractivity contribution in [3.63, 3.8) is 0 Å². The fourth-order valence-electron chi connectivity index (χ4n) is 2.18. The van der Waals surface area contributed by atoms with Crippen LogP contribution in [-0.2, 0) is 4.79 Å². The molecule has 0 aliphatic carbocycles. The first kappa shape index (κ1) is 19.8. The first-order valence-electron chi connectivity index (χ1n) is 8.19. The second-order valence-electron chi connectivity index (χ2n) is 5.29. The van der Waals surface area contributed by atoms with Crippen LogP contribution < -0.4 is 25.4 Å². The molecule has 2 aromatic carbocycles. The lowest BCUT2D eigenvalue weighted by Crippen LogP contribution is -2.20. The number of rotatable bonds is 9. The zero-order valence-corrected chi connectivity index (χ0v) is 15.1. The number of nitrogens with two attached hydrogens (primary N) is 1. The Hall–Kier alpha value is -3.55. The normalized spacial score (nSPS) is 10.4. The van der Waals surface area contributed by atoms with Crippen LogP contribution >= 0.6 is 0 Å². The summed E-state index contributed by atoms with van der Waals surface area (Å²) >= 11 is 0. The molecule has 0 unspecified atom stereocenters. The van der Waals surface area contributed by atoms with Gasteiger partial charge in [-0.25, -0.2) is 5.43 Å². The third-order valence-electron chi connectivity index (χ3n) is 3.38. The fraction of sp³-hybridized carbons (Fsp3) is 0.211. The van der Waals surface area contributed by atoms with Crippen LogP contribution in [0.25, 0.3) is 0 Å². The number of benzene rings is 2. The Kier molecular flexibility index (Phi) is 7.18. The maximum absolute atomic E-state index is 12.3. The average molecular weight is 371 g/mol. The highest BCUT2D eigenvalue weighted by Gasteiger charge is 2.10. The van der Waals surface area contributed by atoms with E-state index in [1.807, 2.05) is 6.92 Å². The van der Waals surface area contributed by atoms with Crippen molar-refractivity contribution in [1.82, 2.24) is 5.43 Å². The van der Waals surface area contributed by atoms with E-state index in [0.717, 1.165) is 0 Å². The average Bonchev–Trinajstić information content (AvgIpc) is 2.67. The summed E-state index contributed by atoms with van der Waals surface area (Å²) in [6.07, 6.45) is 1.42. The van der Waals surface area contributed by atoms with E-state index in [1.54, 1.807) is 42.5 Å². The Bertz CT molecular complexity index is 836. The molecule has 0 radical (unpaired) electrons. The molecular formula is C19H21N3O5. The summed E-state index contributed by atoms with van der Waals surface area (Å²) in [6.45, 7) is 2.04. The van der Waals surface area contributed by atoms with Crippen LogP contribution in [0.3, 0.4) is 0 Å². The molecule has 0 saturated heterocycles. The van der Waals surface area contributed by atoms with E-state index in [4.69, 9.17) is 19.9 Å². The SMILES string of the molecule is CCOc1cc(C(=O)N/N=C/c2ccccc2OCC(N)=O)ccc1OC. The summed E-state index contributed by atoms with van der Waals surface area (Å²) in [6, 6.07) is 11.8. The largest absolute Gasteiger partial charge is 0.493 e. The number of primary amides is 1. The van der Waals surface area contributed by atoms with Crippen LogP contribution in [0.1, 0.15) is 22.8 Å². The molecule has 3 N–H and O–H groups in total. The topological polar surface area (TPSA) is 112 Å². The minimum absolute atomic E-state index is 0.247. The molecule has 0 aliphatic rings. The minimum atomic E-state index is -0.584. The predicted molar refractivity (Wildman–Crippen MR) is 100 cm³/mol. The molecule has 0 aromatic heterocycles. The van der Waals surface area contributed by atoms with Crippen molar-refractivity contribution in [2.75, 3.05) is 20.3 Å². The van der Waals surface area contributed by atoms with Crippen molar-refractivity contribution in [2.24, 2.45) is 10.8 Å². The molecule has 0 spiro atoms. The van der Waals surface area contributed by atoms with Gasteiger partial charge in [-0.15, -0.1) is 0 Å². The fourth-order valence-corrected chi connectivity index (χ4v) is 2.18. The van der Waals surface area contributed by atoms with Gasteiger partial charge in [-0.3, -0.25) is 9.59 Å². The zero-order chi connectivity index (χ0) is 19.6. The highest BCUT2D eigenvalue weighted by Crippen LogP contribution is 2.28. The van der Waals surface area contributed by atoms with Gasteiger partial charge >= 0.3 is 0 Å². The second-order valence-corrected chi connectivity index (χ2v) is 5.29. The zero-order valence-electron chi connectivity index (χ0n) is 15.1. The number of hydrogen-bond acceptors (Lipinski definition) is 6. The number of amides is 2. The van der Waals surface area contributed by atoms with Gasteiger partial charge < -0.3 is 19.9 Å². The van der Waals surface area contributed by atoms with Crippen LogP contribution in [0.15, 0.2) is 47.6 Å².